The van der Waals surface area contributed by atoms with Gasteiger partial charge in [-0.15, -0.1) is 0 Å². The number of hydrogen-bond acceptors (Lipinski definition) is 5. The van der Waals surface area contributed by atoms with Crippen molar-refractivity contribution >= 4 is 17.5 Å². The third kappa shape index (κ3) is 3.96. The van der Waals surface area contributed by atoms with Crippen LogP contribution < -0.4 is 14.8 Å². The van der Waals surface area contributed by atoms with E-state index < -0.39 is 5.60 Å². The number of nitrogens with one attached hydrogen (secondary N) is 1. The summed E-state index contributed by atoms with van der Waals surface area (Å²) in [7, 11) is 1.63. The van der Waals surface area contributed by atoms with E-state index in [4.69, 9.17) is 9.47 Å². The number of rotatable bonds is 6. The van der Waals surface area contributed by atoms with Crippen molar-refractivity contribution in [3.05, 3.63) is 63.7 Å². The molecule has 0 spiro atoms. The second-order valence-corrected chi connectivity index (χ2v) is 6.73. The first-order chi connectivity index (χ1) is 12.4. The van der Waals surface area contributed by atoms with Gasteiger partial charge in [-0.2, -0.15) is 0 Å². The summed E-state index contributed by atoms with van der Waals surface area (Å²) in [4.78, 5) is 11.1. The number of methoxy groups -OCH3 is 1. The Bertz CT molecular complexity index is 842. The van der Waals surface area contributed by atoms with Crippen molar-refractivity contribution < 1.29 is 14.4 Å². The fraction of sp³-hybridized carbons (Fsp3) is 0.300. The van der Waals surface area contributed by atoms with Gasteiger partial charge in [-0.25, -0.2) is 0 Å². The van der Waals surface area contributed by atoms with Gasteiger partial charge in [0, 0.05) is 12.1 Å². The molecule has 1 aliphatic heterocycles. The number of nitro groups is 1. The Morgan fingerprint density at radius 1 is 1.23 bits per heavy atom. The average molecular weight is 354 g/mol. The lowest BCUT2D eigenvalue weighted by molar-refractivity contribution is -0.384. The molecule has 0 aromatic heterocycles. The maximum absolute atomic E-state index is 11.5. The Kier molecular flexibility index (Phi) is 4.84. The molecule has 26 heavy (non-hydrogen) atoms. The van der Waals surface area contributed by atoms with E-state index in [9.17, 15) is 10.1 Å². The summed E-state index contributed by atoms with van der Waals surface area (Å²) in [5.41, 5.74) is 2.01. The van der Waals surface area contributed by atoms with Crippen LogP contribution in [0, 0.1) is 10.1 Å². The third-order valence-corrected chi connectivity index (χ3v) is 4.25. The van der Waals surface area contributed by atoms with Gasteiger partial charge in [0.1, 0.15) is 22.8 Å². The molecule has 2 aromatic rings. The summed E-state index contributed by atoms with van der Waals surface area (Å²) < 4.78 is 11.0. The highest BCUT2D eigenvalue weighted by Crippen LogP contribution is 2.38. The second kappa shape index (κ2) is 7.07. The number of nitrogens with zero attached hydrogens (tertiary/aromatic N) is 1. The summed E-state index contributed by atoms with van der Waals surface area (Å²) in [6.07, 6.45) is 4.64. The monoisotopic (exact) mass is 354 g/mol. The van der Waals surface area contributed by atoms with E-state index in [-0.39, 0.29) is 10.6 Å². The normalized spacial score (nSPS) is 14.3. The predicted octanol–water partition coefficient (Wildman–Crippen LogP) is 4.44. The van der Waals surface area contributed by atoms with Gasteiger partial charge >= 0.3 is 0 Å². The smallest absolute Gasteiger partial charge is 0.296 e. The molecule has 0 aliphatic carbocycles. The molecule has 1 N–H and O–H groups in total. The van der Waals surface area contributed by atoms with E-state index in [2.05, 4.69) is 5.32 Å². The van der Waals surface area contributed by atoms with E-state index in [0.29, 0.717) is 18.0 Å². The van der Waals surface area contributed by atoms with Crippen molar-refractivity contribution in [2.24, 2.45) is 0 Å². The number of benzene rings is 2. The summed E-state index contributed by atoms with van der Waals surface area (Å²) in [5, 5.41) is 14.6. The molecule has 0 fully saturated rings. The Morgan fingerprint density at radius 3 is 2.62 bits per heavy atom. The summed E-state index contributed by atoms with van der Waals surface area (Å²) in [5.74, 6) is 1.34. The molecule has 0 radical (unpaired) electrons. The van der Waals surface area contributed by atoms with Crippen molar-refractivity contribution in [1.82, 2.24) is 0 Å². The van der Waals surface area contributed by atoms with E-state index in [1.165, 1.54) is 6.07 Å². The SMILES string of the molecule is COc1ccc(CCNc2cc3c(cc2[N+](=O)[O-])OC(C)(C)C=C3)cc1. The van der Waals surface area contributed by atoms with Crippen molar-refractivity contribution in [3.63, 3.8) is 0 Å². The highest BCUT2D eigenvalue weighted by atomic mass is 16.6. The lowest BCUT2D eigenvalue weighted by Crippen LogP contribution is -2.27. The van der Waals surface area contributed by atoms with Gasteiger partial charge in [-0.3, -0.25) is 10.1 Å². The zero-order valence-corrected chi connectivity index (χ0v) is 15.1. The molecule has 0 saturated carbocycles. The van der Waals surface area contributed by atoms with Crippen LogP contribution in [0.25, 0.3) is 6.08 Å². The minimum Gasteiger partial charge on any atom is -0.497 e. The Balaban J connectivity index is 1.75. The highest BCUT2D eigenvalue weighted by molar-refractivity contribution is 5.73. The van der Waals surface area contributed by atoms with Gasteiger partial charge in [0.15, 0.2) is 0 Å². The fourth-order valence-corrected chi connectivity index (χ4v) is 2.84. The van der Waals surface area contributed by atoms with Gasteiger partial charge in [0.05, 0.1) is 18.1 Å². The van der Waals surface area contributed by atoms with Crippen LogP contribution in [0.3, 0.4) is 0 Å². The molecule has 1 heterocycles. The minimum absolute atomic E-state index is 0.0181. The van der Waals surface area contributed by atoms with Crippen LogP contribution in [0.2, 0.25) is 0 Å². The molecule has 6 heteroatoms. The zero-order chi connectivity index (χ0) is 18.7. The maximum Gasteiger partial charge on any atom is 0.296 e. The van der Waals surface area contributed by atoms with Crippen molar-refractivity contribution in [3.8, 4) is 11.5 Å². The first-order valence-electron chi connectivity index (χ1n) is 8.45. The van der Waals surface area contributed by atoms with Crippen LogP contribution in [-0.2, 0) is 6.42 Å². The molecular formula is C20H22N2O4. The van der Waals surface area contributed by atoms with Crippen molar-refractivity contribution in [2.45, 2.75) is 25.9 Å². The van der Waals surface area contributed by atoms with Gasteiger partial charge in [-0.1, -0.05) is 18.2 Å². The fourth-order valence-electron chi connectivity index (χ4n) is 2.84. The highest BCUT2D eigenvalue weighted by Gasteiger charge is 2.25. The standard InChI is InChI=1S/C20H22N2O4/c1-20(2)10-8-15-12-17(18(22(23)24)13-19(15)26-20)21-11-9-14-4-6-16(25-3)7-5-14/h4-8,10,12-13,21H,9,11H2,1-3H3. The van der Waals surface area contributed by atoms with E-state index in [0.717, 1.165) is 23.3 Å². The van der Waals surface area contributed by atoms with E-state index in [1.54, 1.807) is 13.2 Å². The Morgan fingerprint density at radius 2 is 1.96 bits per heavy atom. The van der Waals surface area contributed by atoms with Crippen LogP contribution >= 0.6 is 0 Å². The number of hydrogen-bond donors (Lipinski definition) is 1. The van der Waals surface area contributed by atoms with Crippen LogP contribution in [0.4, 0.5) is 11.4 Å². The summed E-state index contributed by atoms with van der Waals surface area (Å²) in [6, 6.07) is 11.0. The average Bonchev–Trinajstić information content (AvgIpc) is 2.61. The molecule has 0 saturated heterocycles. The number of nitro benzene ring substituents is 1. The molecule has 0 bridgehead atoms. The molecule has 0 unspecified atom stereocenters. The molecule has 3 rings (SSSR count). The van der Waals surface area contributed by atoms with E-state index in [1.807, 2.05) is 50.3 Å². The quantitative estimate of drug-likeness (QED) is 0.613. The summed E-state index contributed by atoms with van der Waals surface area (Å²) in [6.45, 7) is 4.42. The molecular weight excluding hydrogens is 332 g/mol. The lowest BCUT2D eigenvalue weighted by atomic mass is 10.0. The zero-order valence-electron chi connectivity index (χ0n) is 15.1. The minimum atomic E-state index is -0.468. The van der Waals surface area contributed by atoms with Crippen LogP contribution in [-0.4, -0.2) is 24.2 Å². The lowest BCUT2D eigenvalue weighted by Gasteiger charge is -2.28. The van der Waals surface area contributed by atoms with Crippen LogP contribution in [0.15, 0.2) is 42.5 Å². The second-order valence-electron chi connectivity index (χ2n) is 6.73. The molecule has 0 amide bonds. The molecule has 2 aromatic carbocycles. The Hall–Kier alpha value is -3.02. The van der Waals surface area contributed by atoms with Gasteiger partial charge in [-0.05, 0) is 50.1 Å². The maximum atomic E-state index is 11.5. The third-order valence-electron chi connectivity index (χ3n) is 4.25. The molecule has 1 aliphatic rings. The molecule has 0 atom stereocenters. The Labute approximate surface area is 152 Å². The van der Waals surface area contributed by atoms with Crippen molar-refractivity contribution in [1.29, 1.82) is 0 Å². The van der Waals surface area contributed by atoms with E-state index >= 15 is 0 Å². The van der Waals surface area contributed by atoms with Gasteiger partial charge < -0.3 is 14.8 Å². The van der Waals surface area contributed by atoms with Gasteiger partial charge in [0.25, 0.3) is 5.69 Å². The number of fused-ring (bicyclic) bond motifs is 1. The van der Waals surface area contributed by atoms with Crippen LogP contribution in [0.1, 0.15) is 25.0 Å². The van der Waals surface area contributed by atoms with Gasteiger partial charge in [0.2, 0.25) is 0 Å². The molecule has 6 nitrogen and oxygen atoms in total. The summed E-state index contributed by atoms with van der Waals surface area (Å²) >= 11 is 0. The molecule has 136 valence electrons. The number of anilines is 1. The number of ether oxygens (including phenoxy) is 2. The van der Waals surface area contributed by atoms with Crippen LogP contribution in [0.5, 0.6) is 11.5 Å². The van der Waals surface area contributed by atoms with Crippen molar-refractivity contribution in [2.75, 3.05) is 19.0 Å². The topological polar surface area (TPSA) is 73.6 Å². The first kappa shape index (κ1) is 17.8. The largest absolute Gasteiger partial charge is 0.497 e. The first-order valence-corrected chi connectivity index (χ1v) is 8.45. The predicted molar refractivity (Wildman–Crippen MR) is 102 cm³/mol.